The van der Waals surface area contributed by atoms with Crippen LogP contribution < -0.4 is 16.4 Å². The maximum Gasteiger partial charge on any atom is 0.322 e. The molecule has 2 rings (SSSR count). The summed E-state index contributed by atoms with van der Waals surface area (Å²) >= 11 is 0. The number of rotatable bonds is 1. The van der Waals surface area contributed by atoms with E-state index in [1.807, 2.05) is 0 Å². The minimum Gasteiger partial charge on any atom is -0.338 e. The summed E-state index contributed by atoms with van der Waals surface area (Å²) in [5.41, 5.74) is 4.58. The van der Waals surface area contributed by atoms with Gasteiger partial charge in [0, 0.05) is 6.54 Å². The quantitative estimate of drug-likeness (QED) is 0.487. The van der Waals surface area contributed by atoms with Crippen LogP contribution in [0.5, 0.6) is 0 Å². The molecule has 4 amide bonds. The number of nitrogens with one attached hydrogen (secondary N) is 2. The van der Waals surface area contributed by atoms with Gasteiger partial charge in [0.05, 0.1) is 12.6 Å². The Balaban J connectivity index is 2.14. The SMILES string of the molecule is CC(N)C(=O)N1CCCC2(C1)NC(=O)NC2=O. The van der Waals surface area contributed by atoms with Crippen LogP contribution in [-0.4, -0.2) is 47.4 Å². The lowest BCUT2D eigenvalue weighted by atomic mass is 9.89. The number of nitrogens with two attached hydrogens (primary N) is 1. The van der Waals surface area contributed by atoms with Crippen molar-refractivity contribution in [3.8, 4) is 0 Å². The smallest absolute Gasteiger partial charge is 0.322 e. The van der Waals surface area contributed by atoms with Gasteiger partial charge in [0.25, 0.3) is 5.91 Å². The molecule has 0 aliphatic carbocycles. The number of nitrogens with zero attached hydrogens (tertiary/aromatic N) is 1. The summed E-state index contributed by atoms with van der Waals surface area (Å²) in [6.45, 7) is 2.38. The first-order chi connectivity index (χ1) is 7.94. The average Bonchev–Trinajstić information content (AvgIpc) is 2.52. The van der Waals surface area contributed by atoms with Crippen LogP contribution in [0.4, 0.5) is 4.79 Å². The molecule has 0 aromatic heterocycles. The molecule has 0 bridgehead atoms. The second-order valence-corrected chi connectivity index (χ2v) is 4.64. The molecule has 2 saturated heterocycles. The van der Waals surface area contributed by atoms with E-state index in [1.165, 1.54) is 0 Å². The standard InChI is InChI=1S/C10H16N4O3/c1-6(11)7(15)14-4-2-3-10(5-14)8(16)12-9(17)13-10/h6H,2-5,11H2,1H3,(H2,12,13,16,17). The highest BCUT2D eigenvalue weighted by molar-refractivity contribution is 6.07. The second kappa shape index (κ2) is 3.99. The highest BCUT2D eigenvalue weighted by Crippen LogP contribution is 2.24. The molecule has 7 nitrogen and oxygen atoms in total. The lowest BCUT2D eigenvalue weighted by Crippen LogP contribution is -2.61. The van der Waals surface area contributed by atoms with E-state index in [4.69, 9.17) is 5.73 Å². The highest BCUT2D eigenvalue weighted by atomic mass is 16.2. The number of piperidine rings is 1. The number of amides is 4. The van der Waals surface area contributed by atoms with Crippen molar-refractivity contribution < 1.29 is 14.4 Å². The van der Waals surface area contributed by atoms with Gasteiger partial charge in [-0.1, -0.05) is 0 Å². The largest absolute Gasteiger partial charge is 0.338 e. The molecule has 7 heteroatoms. The van der Waals surface area contributed by atoms with Gasteiger partial charge in [0.1, 0.15) is 5.54 Å². The van der Waals surface area contributed by atoms with Crippen LogP contribution in [0.2, 0.25) is 0 Å². The average molecular weight is 240 g/mol. The summed E-state index contributed by atoms with van der Waals surface area (Å²) in [6.07, 6.45) is 1.22. The van der Waals surface area contributed by atoms with Crippen molar-refractivity contribution in [2.75, 3.05) is 13.1 Å². The highest BCUT2D eigenvalue weighted by Gasteiger charge is 2.49. The zero-order chi connectivity index (χ0) is 12.6. The van der Waals surface area contributed by atoms with E-state index < -0.39 is 17.6 Å². The van der Waals surface area contributed by atoms with Gasteiger partial charge in [-0.3, -0.25) is 14.9 Å². The normalized spacial score (nSPS) is 30.1. The first-order valence-electron chi connectivity index (χ1n) is 5.62. The maximum atomic E-state index is 11.8. The Labute approximate surface area is 98.7 Å². The van der Waals surface area contributed by atoms with Crippen molar-refractivity contribution in [3.05, 3.63) is 0 Å². The fourth-order valence-electron chi connectivity index (χ4n) is 2.35. The van der Waals surface area contributed by atoms with Crippen molar-refractivity contribution in [3.63, 3.8) is 0 Å². The number of hydrogen-bond donors (Lipinski definition) is 3. The minimum atomic E-state index is -0.958. The zero-order valence-corrected chi connectivity index (χ0v) is 9.66. The molecular formula is C10H16N4O3. The van der Waals surface area contributed by atoms with E-state index >= 15 is 0 Å². The Morgan fingerprint density at radius 1 is 1.53 bits per heavy atom. The number of imide groups is 1. The number of carbonyl (C=O) groups is 3. The Hall–Kier alpha value is -1.63. The Kier molecular flexibility index (Phi) is 2.78. The van der Waals surface area contributed by atoms with Crippen molar-refractivity contribution in [2.24, 2.45) is 5.73 Å². The molecule has 0 aromatic carbocycles. The molecule has 94 valence electrons. The molecule has 0 saturated carbocycles. The Bertz CT molecular complexity index is 382. The predicted molar refractivity (Wildman–Crippen MR) is 58.9 cm³/mol. The van der Waals surface area contributed by atoms with Gasteiger partial charge in [-0.05, 0) is 19.8 Å². The van der Waals surface area contributed by atoms with E-state index in [-0.39, 0.29) is 18.4 Å². The van der Waals surface area contributed by atoms with Crippen molar-refractivity contribution in [1.82, 2.24) is 15.5 Å². The topological polar surface area (TPSA) is 105 Å². The van der Waals surface area contributed by atoms with E-state index in [0.717, 1.165) is 0 Å². The fraction of sp³-hybridized carbons (Fsp3) is 0.700. The van der Waals surface area contributed by atoms with E-state index in [0.29, 0.717) is 19.4 Å². The number of likely N-dealkylation sites (tertiary alicyclic amines) is 1. The second-order valence-electron chi connectivity index (χ2n) is 4.64. The molecule has 2 aliphatic heterocycles. The van der Waals surface area contributed by atoms with Gasteiger partial charge in [-0.15, -0.1) is 0 Å². The Morgan fingerprint density at radius 2 is 2.24 bits per heavy atom. The first-order valence-corrected chi connectivity index (χ1v) is 5.62. The summed E-state index contributed by atoms with van der Waals surface area (Å²) < 4.78 is 0. The van der Waals surface area contributed by atoms with Crippen LogP contribution in [0.15, 0.2) is 0 Å². The predicted octanol–water partition coefficient (Wildman–Crippen LogP) is -1.47. The molecule has 2 fully saturated rings. The lowest BCUT2D eigenvalue weighted by molar-refractivity contribution is -0.137. The number of carbonyl (C=O) groups excluding carboxylic acids is 3. The van der Waals surface area contributed by atoms with Crippen LogP contribution in [0.1, 0.15) is 19.8 Å². The van der Waals surface area contributed by atoms with E-state index in [9.17, 15) is 14.4 Å². The molecular weight excluding hydrogens is 224 g/mol. The molecule has 17 heavy (non-hydrogen) atoms. The van der Waals surface area contributed by atoms with Gasteiger partial charge < -0.3 is 16.0 Å². The zero-order valence-electron chi connectivity index (χ0n) is 9.66. The minimum absolute atomic E-state index is 0.196. The monoisotopic (exact) mass is 240 g/mol. The lowest BCUT2D eigenvalue weighted by Gasteiger charge is -2.38. The molecule has 1 spiro atoms. The van der Waals surface area contributed by atoms with Gasteiger partial charge in [0.2, 0.25) is 5.91 Å². The maximum absolute atomic E-state index is 11.8. The van der Waals surface area contributed by atoms with Crippen molar-refractivity contribution >= 4 is 17.8 Å². The third-order valence-electron chi connectivity index (χ3n) is 3.21. The molecule has 0 aromatic rings. The number of hydrogen-bond acceptors (Lipinski definition) is 4. The summed E-state index contributed by atoms with van der Waals surface area (Å²) in [5.74, 6) is -0.553. The van der Waals surface area contributed by atoms with Crippen LogP contribution >= 0.6 is 0 Å². The van der Waals surface area contributed by atoms with Gasteiger partial charge in [-0.25, -0.2) is 4.79 Å². The fourth-order valence-corrected chi connectivity index (χ4v) is 2.35. The van der Waals surface area contributed by atoms with Crippen LogP contribution in [-0.2, 0) is 9.59 Å². The molecule has 2 atom stereocenters. The van der Waals surface area contributed by atoms with Crippen LogP contribution in [0, 0.1) is 0 Å². The van der Waals surface area contributed by atoms with Gasteiger partial charge >= 0.3 is 6.03 Å². The third-order valence-corrected chi connectivity index (χ3v) is 3.21. The van der Waals surface area contributed by atoms with E-state index in [1.54, 1.807) is 11.8 Å². The van der Waals surface area contributed by atoms with Crippen LogP contribution in [0.25, 0.3) is 0 Å². The third kappa shape index (κ3) is 1.97. The molecule has 2 aliphatic rings. The molecule has 0 radical (unpaired) electrons. The Morgan fingerprint density at radius 3 is 2.76 bits per heavy atom. The molecule has 2 heterocycles. The van der Waals surface area contributed by atoms with Gasteiger partial charge in [-0.2, -0.15) is 0 Å². The summed E-state index contributed by atoms with van der Waals surface area (Å²) in [5, 5.41) is 4.82. The van der Waals surface area contributed by atoms with Crippen molar-refractivity contribution in [1.29, 1.82) is 0 Å². The molecule has 2 unspecified atom stereocenters. The molecule has 4 N–H and O–H groups in total. The van der Waals surface area contributed by atoms with E-state index in [2.05, 4.69) is 10.6 Å². The van der Waals surface area contributed by atoms with Crippen LogP contribution in [0.3, 0.4) is 0 Å². The van der Waals surface area contributed by atoms with Crippen molar-refractivity contribution in [2.45, 2.75) is 31.3 Å². The van der Waals surface area contributed by atoms with Gasteiger partial charge in [0.15, 0.2) is 0 Å². The number of urea groups is 1. The summed E-state index contributed by atoms with van der Waals surface area (Å²) in [6, 6.07) is -1.09. The summed E-state index contributed by atoms with van der Waals surface area (Å²) in [4.78, 5) is 36.2. The summed E-state index contributed by atoms with van der Waals surface area (Å²) in [7, 11) is 0. The first kappa shape index (κ1) is 11.8.